The molecule has 0 radical (unpaired) electrons. The summed E-state index contributed by atoms with van der Waals surface area (Å²) in [7, 11) is 5.79. The lowest BCUT2D eigenvalue weighted by molar-refractivity contribution is -0.0755. The Labute approximate surface area is 110 Å². The molecule has 0 aromatic carbocycles. The van der Waals surface area contributed by atoms with Gasteiger partial charge in [-0.2, -0.15) is 5.10 Å². The Morgan fingerprint density at radius 1 is 1.50 bits per heavy atom. The van der Waals surface area contributed by atoms with Crippen LogP contribution in [0, 0.1) is 5.92 Å². The number of aromatic nitrogens is 2. The van der Waals surface area contributed by atoms with E-state index in [1.165, 1.54) is 12.8 Å². The molecule has 1 unspecified atom stereocenters. The minimum atomic E-state index is -0.102. The predicted molar refractivity (Wildman–Crippen MR) is 72.4 cm³/mol. The lowest BCUT2D eigenvalue weighted by Gasteiger charge is -2.43. The van der Waals surface area contributed by atoms with Crippen LogP contribution in [0.2, 0.25) is 0 Å². The molecule has 1 aliphatic carbocycles. The Hall–Kier alpha value is -0.870. The second kappa shape index (κ2) is 5.41. The van der Waals surface area contributed by atoms with Crippen LogP contribution in [0.1, 0.15) is 44.3 Å². The summed E-state index contributed by atoms with van der Waals surface area (Å²) in [6.45, 7) is 2.33. The molecule has 0 aliphatic heterocycles. The van der Waals surface area contributed by atoms with Gasteiger partial charge in [0.25, 0.3) is 0 Å². The first-order valence-corrected chi connectivity index (χ1v) is 6.83. The summed E-state index contributed by atoms with van der Waals surface area (Å²) in [4.78, 5) is 0. The van der Waals surface area contributed by atoms with E-state index in [0.29, 0.717) is 0 Å². The molecule has 4 nitrogen and oxygen atoms in total. The number of nitrogens with one attached hydrogen (secondary N) is 1. The van der Waals surface area contributed by atoms with Crippen molar-refractivity contribution in [3.8, 4) is 0 Å². The van der Waals surface area contributed by atoms with Crippen LogP contribution in [0.5, 0.6) is 0 Å². The maximum Gasteiger partial charge on any atom is 0.0888 e. The van der Waals surface area contributed by atoms with Crippen LogP contribution in [-0.2, 0) is 11.8 Å². The number of hydrogen-bond acceptors (Lipinski definition) is 3. The number of aryl methyl sites for hydroxylation is 1. The highest BCUT2D eigenvalue weighted by atomic mass is 16.5. The fourth-order valence-electron chi connectivity index (χ4n) is 3.13. The summed E-state index contributed by atoms with van der Waals surface area (Å²) in [6, 6.07) is 2.26. The number of methoxy groups -OCH3 is 1. The molecule has 1 fully saturated rings. The van der Waals surface area contributed by atoms with Crippen molar-refractivity contribution in [1.29, 1.82) is 0 Å². The number of likely N-dealkylation sites (N-methyl/N-ethyl adjacent to an activating group) is 1. The van der Waals surface area contributed by atoms with E-state index in [2.05, 4.69) is 23.4 Å². The normalized spacial score (nSPS) is 30.3. The summed E-state index contributed by atoms with van der Waals surface area (Å²) >= 11 is 0. The van der Waals surface area contributed by atoms with E-state index in [1.807, 2.05) is 32.1 Å². The molecule has 0 bridgehead atoms. The molecule has 1 saturated carbocycles. The van der Waals surface area contributed by atoms with Crippen LogP contribution in [-0.4, -0.2) is 29.5 Å². The first-order chi connectivity index (χ1) is 8.61. The fourth-order valence-corrected chi connectivity index (χ4v) is 3.13. The predicted octanol–water partition coefficient (Wildman–Crippen LogP) is 2.28. The molecular weight excluding hydrogens is 226 g/mol. The summed E-state index contributed by atoms with van der Waals surface area (Å²) in [6.07, 6.45) is 6.67. The van der Waals surface area contributed by atoms with Crippen molar-refractivity contribution in [3.63, 3.8) is 0 Å². The van der Waals surface area contributed by atoms with Crippen molar-refractivity contribution in [2.24, 2.45) is 13.0 Å². The van der Waals surface area contributed by atoms with Gasteiger partial charge in [0, 0.05) is 20.4 Å². The van der Waals surface area contributed by atoms with Crippen molar-refractivity contribution < 1.29 is 4.74 Å². The van der Waals surface area contributed by atoms with Crippen LogP contribution in [0.15, 0.2) is 12.3 Å². The lowest BCUT2D eigenvalue weighted by atomic mass is 9.74. The molecule has 102 valence electrons. The van der Waals surface area contributed by atoms with Crippen molar-refractivity contribution in [3.05, 3.63) is 18.0 Å². The summed E-state index contributed by atoms with van der Waals surface area (Å²) in [5, 5.41) is 7.95. The Morgan fingerprint density at radius 3 is 2.61 bits per heavy atom. The molecule has 1 aromatic rings. The van der Waals surface area contributed by atoms with Crippen LogP contribution in [0.3, 0.4) is 0 Å². The molecule has 0 amide bonds. The maximum absolute atomic E-state index is 5.93. The molecular formula is C14H25N3O. The van der Waals surface area contributed by atoms with Gasteiger partial charge in [0.1, 0.15) is 0 Å². The van der Waals surface area contributed by atoms with E-state index in [9.17, 15) is 0 Å². The highest BCUT2D eigenvalue weighted by Gasteiger charge is 2.42. The first kappa shape index (κ1) is 13.6. The van der Waals surface area contributed by atoms with E-state index in [-0.39, 0.29) is 11.6 Å². The number of ether oxygens (including phenoxy) is 1. The van der Waals surface area contributed by atoms with Crippen LogP contribution in [0.4, 0.5) is 0 Å². The van der Waals surface area contributed by atoms with Gasteiger partial charge < -0.3 is 10.1 Å². The standard InChI is InChI=1S/C14H25N3O/c1-11-5-8-14(18-4,9-6-11)13(15-2)12-7-10-17(3)16-12/h7,10-11,13,15H,5-6,8-9H2,1-4H3. The lowest BCUT2D eigenvalue weighted by Crippen LogP contribution is -2.47. The third-order valence-corrected chi connectivity index (χ3v) is 4.37. The minimum Gasteiger partial charge on any atom is -0.376 e. The fraction of sp³-hybridized carbons (Fsp3) is 0.786. The average Bonchev–Trinajstić information content (AvgIpc) is 2.79. The van der Waals surface area contributed by atoms with E-state index in [0.717, 1.165) is 24.5 Å². The second-order valence-corrected chi connectivity index (χ2v) is 5.59. The number of rotatable bonds is 4. The third kappa shape index (κ3) is 2.45. The Bertz CT molecular complexity index is 380. The molecule has 1 N–H and O–H groups in total. The van der Waals surface area contributed by atoms with Crippen LogP contribution >= 0.6 is 0 Å². The molecule has 2 rings (SSSR count). The summed E-state index contributed by atoms with van der Waals surface area (Å²) in [5.41, 5.74) is 0.978. The molecule has 1 atom stereocenters. The Kier molecular flexibility index (Phi) is 4.07. The molecule has 18 heavy (non-hydrogen) atoms. The van der Waals surface area contributed by atoms with Gasteiger partial charge in [-0.05, 0) is 44.7 Å². The van der Waals surface area contributed by atoms with Crippen LogP contribution < -0.4 is 5.32 Å². The summed E-state index contributed by atoms with van der Waals surface area (Å²) < 4.78 is 7.79. The van der Waals surface area contributed by atoms with Crippen molar-refractivity contribution >= 4 is 0 Å². The van der Waals surface area contributed by atoms with E-state index in [4.69, 9.17) is 4.74 Å². The van der Waals surface area contributed by atoms with Gasteiger partial charge in [-0.15, -0.1) is 0 Å². The average molecular weight is 251 g/mol. The molecule has 1 aromatic heterocycles. The molecule has 0 saturated heterocycles. The smallest absolute Gasteiger partial charge is 0.0888 e. The van der Waals surface area contributed by atoms with Gasteiger partial charge in [0.05, 0.1) is 17.3 Å². The third-order valence-electron chi connectivity index (χ3n) is 4.37. The second-order valence-electron chi connectivity index (χ2n) is 5.59. The van der Waals surface area contributed by atoms with Gasteiger partial charge in [0.15, 0.2) is 0 Å². The molecule has 0 spiro atoms. The summed E-state index contributed by atoms with van der Waals surface area (Å²) in [5.74, 6) is 0.814. The Morgan fingerprint density at radius 2 is 2.17 bits per heavy atom. The monoisotopic (exact) mass is 251 g/mol. The number of nitrogens with zero attached hydrogens (tertiary/aromatic N) is 2. The van der Waals surface area contributed by atoms with Gasteiger partial charge >= 0.3 is 0 Å². The van der Waals surface area contributed by atoms with E-state index >= 15 is 0 Å². The van der Waals surface area contributed by atoms with Crippen molar-refractivity contribution in [2.45, 2.75) is 44.2 Å². The molecule has 4 heteroatoms. The number of hydrogen-bond donors (Lipinski definition) is 1. The van der Waals surface area contributed by atoms with Gasteiger partial charge in [-0.3, -0.25) is 4.68 Å². The van der Waals surface area contributed by atoms with Crippen LogP contribution in [0.25, 0.3) is 0 Å². The van der Waals surface area contributed by atoms with Crippen molar-refractivity contribution in [1.82, 2.24) is 15.1 Å². The van der Waals surface area contributed by atoms with Gasteiger partial charge in [-0.25, -0.2) is 0 Å². The highest BCUT2D eigenvalue weighted by Crippen LogP contribution is 2.42. The highest BCUT2D eigenvalue weighted by molar-refractivity contribution is 5.13. The maximum atomic E-state index is 5.93. The van der Waals surface area contributed by atoms with E-state index < -0.39 is 0 Å². The molecule has 1 aliphatic rings. The van der Waals surface area contributed by atoms with Gasteiger partial charge in [-0.1, -0.05) is 6.92 Å². The largest absolute Gasteiger partial charge is 0.376 e. The van der Waals surface area contributed by atoms with Crippen molar-refractivity contribution in [2.75, 3.05) is 14.2 Å². The Balaban J connectivity index is 2.23. The zero-order valence-electron chi connectivity index (χ0n) is 11.9. The topological polar surface area (TPSA) is 39.1 Å². The zero-order chi connectivity index (χ0) is 13.2. The minimum absolute atomic E-state index is 0.102. The van der Waals surface area contributed by atoms with E-state index in [1.54, 1.807) is 0 Å². The zero-order valence-corrected chi connectivity index (χ0v) is 11.9. The molecule has 1 heterocycles. The SMILES string of the molecule is CNC(c1ccn(C)n1)C1(OC)CCC(C)CC1. The quantitative estimate of drug-likeness (QED) is 0.892. The first-order valence-electron chi connectivity index (χ1n) is 6.83. The van der Waals surface area contributed by atoms with Gasteiger partial charge in [0.2, 0.25) is 0 Å².